The minimum Gasteiger partial charge on any atom is -0.495 e. The molecule has 1 aliphatic rings. The van der Waals surface area contributed by atoms with Crippen LogP contribution in [0.5, 0.6) is 5.75 Å². The number of hydrogen-bond acceptors (Lipinski definition) is 5. The Kier molecular flexibility index (Phi) is 5.46. The van der Waals surface area contributed by atoms with Gasteiger partial charge >= 0.3 is 0 Å². The molecule has 2 N–H and O–H groups in total. The van der Waals surface area contributed by atoms with Gasteiger partial charge in [0.1, 0.15) is 18.0 Å². The monoisotopic (exact) mass is 297 g/mol. The molecule has 3 atom stereocenters. The molecule has 0 aliphatic carbocycles. The third kappa shape index (κ3) is 4.12. The first kappa shape index (κ1) is 15.7. The van der Waals surface area contributed by atoms with Gasteiger partial charge in [0.15, 0.2) is 0 Å². The molecular weight excluding hydrogens is 277 g/mol. The van der Waals surface area contributed by atoms with Crippen LogP contribution in [0.25, 0.3) is 0 Å². The van der Waals surface area contributed by atoms with Crippen molar-refractivity contribution in [3.8, 4) is 5.75 Å². The predicted octanol–water partition coefficient (Wildman–Crippen LogP) is 0.282. The van der Waals surface area contributed by atoms with Crippen LogP contribution in [0.1, 0.15) is 18.2 Å². The molecule has 2 rings (SSSR count). The average molecular weight is 297 g/mol. The molecule has 1 aliphatic heterocycles. The third-order valence-electron chi connectivity index (χ3n) is 3.63. The zero-order valence-electron chi connectivity index (χ0n) is 11.9. The van der Waals surface area contributed by atoms with Crippen LogP contribution in [0.2, 0.25) is 0 Å². The van der Waals surface area contributed by atoms with Crippen molar-refractivity contribution < 1.29 is 19.0 Å². The Bertz CT molecular complexity index is 457. The number of amides is 1. The smallest absolute Gasteiger partial charge is 0.207 e. The molecule has 0 aromatic carbocycles. The molecule has 2 heterocycles. The van der Waals surface area contributed by atoms with E-state index in [-0.39, 0.29) is 0 Å². The van der Waals surface area contributed by atoms with Crippen molar-refractivity contribution in [3.05, 3.63) is 24.0 Å². The average Bonchev–Trinajstić information content (AvgIpc) is 2.91. The second-order valence-corrected chi connectivity index (χ2v) is 5.10. The van der Waals surface area contributed by atoms with Crippen LogP contribution in [0, 0.1) is 0 Å². The van der Waals surface area contributed by atoms with Crippen LogP contribution in [0.4, 0.5) is 4.39 Å². The van der Waals surface area contributed by atoms with Crippen LogP contribution in [-0.4, -0.2) is 60.4 Å². The number of pyridine rings is 1. The molecule has 0 bridgehead atoms. The predicted molar refractivity (Wildman–Crippen MR) is 74.7 cm³/mol. The largest absolute Gasteiger partial charge is 0.495 e. The third-order valence-corrected chi connectivity index (χ3v) is 3.63. The van der Waals surface area contributed by atoms with Gasteiger partial charge in [-0.1, -0.05) is 0 Å². The second-order valence-electron chi connectivity index (χ2n) is 5.10. The Morgan fingerprint density at radius 2 is 2.48 bits per heavy atom. The van der Waals surface area contributed by atoms with Crippen LogP contribution >= 0.6 is 0 Å². The number of nitrogens with zero attached hydrogens (tertiary/aromatic N) is 2. The van der Waals surface area contributed by atoms with E-state index in [0.717, 1.165) is 0 Å². The number of carbonyl (C=O) groups is 1. The number of aliphatic hydroxyl groups is 1. The fourth-order valence-electron chi connectivity index (χ4n) is 2.45. The lowest BCUT2D eigenvalue weighted by molar-refractivity contribution is -0.111. The molecule has 1 aromatic rings. The quantitative estimate of drug-likeness (QED) is 0.707. The topological polar surface area (TPSA) is 74.7 Å². The normalized spacial score (nSPS) is 21.8. The molecule has 7 heteroatoms. The zero-order valence-corrected chi connectivity index (χ0v) is 11.9. The van der Waals surface area contributed by atoms with E-state index < -0.39 is 18.3 Å². The number of alkyl halides is 1. The number of likely N-dealkylation sites (tertiary alicyclic amines) is 1. The van der Waals surface area contributed by atoms with E-state index in [1.807, 2.05) is 4.90 Å². The van der Waals surface area contributed by atoms with Crippen molar-refractivity contribution in [2.45, 2.75) is 24.7 Å². The molecule has 0 radical (unpaired) electrons. The Labute approximate surface area is 122 Å². The highest BCUT2D eigenvalue weighted by atomic mass is 19.1. The summed E-state index contributed by atoms with van der Waals surface area (Å²) in [7, 11) is 1.53. The van der Waals surface area contributed by atoms with Crippen LogP contribution in [0.15, 0.2) is 18.3 Å². The van der Waals surface area contributed by atoms with Crippen molar-refractivity contribution in [2.24, 2.45) is 0 Å². The summed E-state index contributed by atoms with van der Waals surface area (Å²) in [6.45, 7) is 1.34. The molecular formula is C14H20FN3O3. The van der Waals surface area contributed by atoms with Crippen LogP contribution < -0.4 is 10.1 Å². The van der Waals surface area contributed by atoms with E-state index in [0.29, 0.717) is 43.9 Å². The summed E-state index contributed by atoms with van der Waals surface area (Å²) in [5.74, 6) is 0.589. The summed E-state index contributed by atoms with van der Waals surface area (Å²) >= 11 is 0. The van der Waals surface area contributed by atoms with Gasteiger partial charge in [-0.3, -0.25) is 14.7 Å². The molecule has 3 unspecified atom stereocenters. The van der Waals surface area contributed by atoms with Gasteiger partial charge in [0.05, 0.1) is 25.0 Å². The number of carbonyl (C=O) groups excluding carboxylic acids is 1. The molecule has 21 heavy (non-hydrogen) atoms. The Morgan fingerprint density at radius 3 is 3.00 bits per heavy atom. The molecule has 1 fully saturated rings. The summed E-state index contributed by atoms with van der Waals surface area (Å²) in [6, 6.07) is 2.80. The van der Waals surface area contributed by atoms with Gasteiger partial charge in [-0.25, -0.2) is 4.39 Å². The van der Waals surface area contributed by atoms with Crippen molar-refractivity contribution in [1.82, 2.24) is 15.2 Å². The summed E-state index contributed by atoms with van der Waals surface area (Å²) in [6.07, 6.45) is 0.743. The standard InChI is InChI=1S/C14H20FN3O3/c1-21-11-2-3-12(16-6-11)14(20)13(17-9-19)8-18-5-4-10(15)7-18/h2-3,6,9-10,13-14,20H,4-5,7-8H2,1H3,(H,17,19). The van der Waals surface area contributed by atoms with Gasteiger partial charge in [-0.05, 0) is 18.6 Å². The van der Waals surface area contributed by atoms with Crippen molar-refractivity contribution in [1.29, 1.82) is 0 Å². The SMILES string of the molecule is COc1ccc(C(O)C(CN2CCC(F)C2)NC=O)nc1. The Hall–Kier alpha value is -1.73. The first-order chi connectivity index (χ1) is 10.1. The van der Waals surface area contributed by atoms with Crippen molar-refractivity contribution in [3.63, 3.8) is 0 Å². The first-order valence-electron chi connectivity index (χ1n) is 6.88. The Balaban J connectivity index is 2.03. The van der Waals surface area contributed by atoms with Crippen molar-refractivity contribution >= 4 is 6.41 Å². The molecule has 1 aromatic heterocycles. The Morgan fingerprint density at radius 1 is 1.67 bits per heavy atom. The molecule has 0 spiro atoms. The lowest BCUT2D eigenvalue weighted by Crippen LogP contribution is -2.44. The van der Waals surface area contributed by atoms with Crippen LogP contribution in [0.3, 0.4) is 0 Å². The molecule has 6 nitrogen and oxygen atoms in total. The molecule has 116 valence electrons. The van der Waals surface area contributed by atoms with E-state index in [4.69, 9.17) is 4.74 Å². The van der Waals surface area contributed by atoms with E-state index >= 15 is 0 Å². The fourth-order valence-corrected chi connectivity index (χ4v) is 2.45. The number of hydrogen-bond donors (Lipinski definition) is 2. The highest BCUT2D eigenvalue weighted by Crippen LogP contribution is 2.20. The molecule has 1 amide bonds. The van der Waals surface area contributed by atoms with Gasteiger partial charge in [-0.2, -0.15) is 0 Å². The highest BCUT2D eigenvalue weighted by Gasteiger charge is 2.28. The maximum absolute atomic E-state index is 13.2. The first-order valence-corrected chi connectivity index (χ1v) is 6.88. The van der Waals surface area contributed by atoms with Gasteiger partial charge in [-0.15, -0.1) is 0 Å². The minimum absolute atomic E-state index is 0.333. The lowest BCUT2D eigenvalue weighted by atomic mass is 10.1. The van der Waals surface area contributed by atoms with Gasteiger partial charge in [0, 0.05) is 19.6 Å². The molecule has 1 saturated heterocycles. The van der Waals surface area contributed by atoms with Gasteiger partial charge in [0.25, 0.3) is 0 Å². The second kappa shape index (κ2) is 7.33. The van der Waals surface area contributed by atoms with E-state index in [9.17, 15) is 14.3 Å². The number of halogens is 1. The van der Waals surface area contributed by atoms with E-state index in [1.54, 1.807) is 12.1 Å². The number of aromatic nitrogens is 1. The lowest BCUT2D eigenvalue weighted by Gasteiger charge is -2.26. The number of rotatable bonds is 7. The van der Waals surface area contributed by atoms with Gasteiger partial charge < -0.3 is 15.2 Å². The van der Waals surface area contributed by atoms with E-state index in [1.165, 1.54) is 13.3 Å². The number of aliphatic hydroxyl groups excluding tert-OH is 1. The maximum atomic E-state index is 13.2. The molecule has 0 saturated carbocycles. The van der Waals surface area contributed by atoms with Gasteiger partial charge in [0.2, 0.25) is 6.41 Å². The highest BCUT2D eigenvalue weighted by molar-refractivity contribution is 5.47. The maximum Gasteiger partial charge on any atom is 0.207 e. The van der Waals surface area contributed by atoms with Crippen LogP contribution in [-0.2, 0) is 4.79 Å². The summed E-state index contributed by atoms with van der Waals surface area (Å²) < 4.78 is 18.2. The number of ether oxygens (including phenoxy) is 1. The summed E-state index contributed by atoms with van der Waals surface area (Å²) in [5.41, 5.74) is 0.436. The summed E-state index contributed by atoms with van der Waals surface area (Å²) in [4.78, 5) is 16.7. The number of methoxy groups -OCH3 is 1. The fraction of sp³-hybridized carbons (Fsp3) is 0.571. The zero-order chi connectivity index (χ0) is 15.2. The van der Waals surface area contributed by atoms with E-state index in [2.05, 4.69) is 10.3 Å². The summed E-state index contributed by atoms with van der Waals surface area (Å²) in [5, 5.41) is 12.9. The van der Waals surface area contributed by atoms with Crippen molar-refractivity contribution in [2.75, 3.05) is 26.7 Å². The minimum atomic E-state index is -0.959. The number of nitrogens with one attached hydrogen (secondary N) is 1.